The molecule has 0 aliphatic carbocycles. The molecule has 1 aromatic heterocycles. The van der Waals surface area contributed by atoms with Gasteiger partial charge in [-0.2, -0.15) is 0 Å². The van der Waals surface area contributed by atoms with Crippen molar-refractivity contribution < 1.29 is 9.59 Å². The topological polar surface area (TPSA) is 86.0 Å². The molecule has 3 atom stereocenters. The lowest BCUT2D eigenvalue weighted by atomic mass is 9.95. The Kier molecular flexibility index (Phi) is 6.64. The van der Waals surface area contributed by atoms with Crippen molar-refractivity contribution in [2.24, 2.45) is 0 Å². The Morgan fingerprint density at radius 3 is 2.46 bits per heavy atom. The number of hydrogen-bond donors (Lipinski definition) is 4. The highest BCUT2D eigenvalue weighted by Crippen LogP contribution is 2.21. The Hall–Kier alpha value is -3.90. The van der Waals surface area contributed by atoms with E-state index < -0.39 is 6.04 Å². The number of aromatic nitrogens is 1. The molecule has 1 aliphatic heterocycles. The van der Waals surface area contributed by atoms with Crippen molar-refractivity contribution in [2.45, 2.75) is 44.4 Å². The summed E-state index contributed by atoms with van der Waals surface area (Å²) in [5.74, 6) is -0.358. The molecule has 3 aromatic carbocycles. The number of benzene rings is 3. The fourth-order valence-electron chi connectivity index (χ4n) is 4.78. The Morgan fingerprint density at radius 1 is 0.914 bits per heavy atom. The van der Waals surface area contributed by atoms with Gasteiger partial charge in [-0.3, -0.25) is 9.59 Å². The van der Waals surface area contributed by atoms with E-state index in [1.54, 1.807) is 0 Å². The molecule has 0 saturated carbocycles. The maximum Gasteiger partial charge on any atom is 0.243 e. The predicted molar refractivity (Wildman–Crippen MR) is 138 cm³/mol. The Morgan fingerprint density at radius 2 is 1.63 bits per heavy atom. The van der Waals surface area contributed by atoms with Gasteiger partial charge in [0.15, 0.2) is 0 Å². The largest absolute Gasteiger partial charge is 0.361 e. The Labute approximate surface area is 205 Å². The number of carbonyl (C=O) groups is 2. The maximum absolute atomic E-state index is 13.4. The zero-order valence-corrected chi connectivity index (χ0v) is 19.8. The summed E-state index contributed by atoms with van der Waals surface area (Å²) in [7, 11) is 0. The second-order valence-electron chi connectivity index (χ2n) is 9.17. The minimum atomic E-state index is -0.702. The summed E-state index contributed by atoms with van der Waals surface area (Å²) in [6, 6.07) is 24.7. The number of hydrogen-bond acceptors (Lipinski definition) is 3. The van der Waals surface area contributed by atoms with Crippen molar-refractivity contribution in [3.05, 3.63) is 107 Å². The molecule has 4 aromatic rings. The summed E-state index contributed by atoms with van der Waals surface area (Å²) in [5, 5.41) is 10.5. The second-order valence-corrected chi connectivity index (χ2v) is 9.17. The zero-order chi connectivity index (χ0) is 24.2. The SMILES string of the molecule is C[C@@H](NC(=O)[C@H](Cc1c[nH]c2ccccc12)NC(=O)[C@@H]1Cc2ccccc2CN1)c1ccccc1. The molecule has 1 aliphatic rings. The lowest BCUT2D eigenvalue weighted by molar-refractivity contribution is -0.130. The van der Waals surface area contributed by atoms with Crippen LogP contribution in [0.15, 0.2) is 85.1 Å². The standard InChI is InChI=1S/C29H30N4O2/c1-19(20-9-3-2-4-10-20)32-29(35)27(16-23-18-30-25-14-8-7-13-24(23)25)33-28(34)26-15-21-11-5-6-12-22(21)17-31-26/h2-14,18-19,26-27,30-31H,15-17H2,1H3,(H,32,35)(H,33,34)/t19-,26+,27+/m1/s1. The van der Waals surface area contributed by atoms with Gasteiger partial charge in [0.2, 0.25) is 11.8 Å². The van der Waals surface area contributed by atoms with Gasteiger partial charge in [0.05, 0.1) is 12.1 Å². The molecule has 6 nitrogen and oxygen atoms in total. The third kappa shape index (κ3) is 5.12. The van der Waals surface area contributed by atoms with Crippen molar-refractivity contribution in [1.29, 1.82) is 0 Å². The summed E-state index contributed by atoms with van der Waals surface area (Å²) >= 11 is 0. The van der Waals surface area contributed by atoms with Crippen LogP contribution in [0.4, 0.5) is 0 Å². The van der Waals surface area contributed by atoms with Crippen LogP contribution in [0.3, 0.4) is 0 Å². The van der Waals surface area contributed by atoms with Crippen molar-refractivity contribution >= 4 is 22.7 Å². The van der Waals surface area contributed by atoms with E-state index in [4.69, 9.17) is 0 Å². The summed E-state index contributed by atoms with van der Waals surface area (Å²) in [4.78, 5) is 30.0. The fourth-order valence-corrected chi connectivity index (χ4v) is 4.78. The smallest absolute Gasteiger partial charge is 0.243 e. The van der Waals surface area contributed by atoms with E-state index in [0.717, 1.165) is 22.0 Å². The van der Waals surface area contributed by atoms with Crippen LogP contribution in [0.5, 0.6) is 0 Å². The molecule has 2 amide bonds. The van der Waals surface area contributed by atoms with Gasteiger partial charge in [0.25, 0.3) is 0 Å². The van der Waals surface area contributed by atoms with Crippen LogP contribution in [0.25, 0.3) is 10.9 Å². The van der Waals surface area contributed by atoms with E-state index in [1.807, 2.05) is 79.9 Å². The van der Waals surface area contributed by atoms with Crippen molar-refractivity contribution in [2.75, 3.05) is 0 Å². The van der Waals surface area contributed by atoms with E-state index in [1.165, 1.54) is 11.1 Å². The quantitative estimate of drug-likeness (QED) is 0.334. The van der Waals surface area contributed by atoms with Crippen LogP contribution < -0.4 is 16.0 Å². The van der Waals surface area contributed by atoms with Gasteiger partial charge < -0.3 is 20.9 Å². The first-order chi connectivity index (χ1) is 17.1. The van der Waals surface area contributed by atoms with E-state index in [2.05, 4.69) is 33.1 Å². The number of nitrogens with one attached hydrogen (secondary N) is 4. The third-order valence-corrected chi connectivity index (χ3v) is 6.79. The fraction of sp³-hybridized carbons (Fsp3) is 0.241. The minimum Gasteiger partial charge on any atom is -0.361 e. The van der Waals surface area contributed by atoms with Gasteiger partial charge in [0, 0.05) is 30.1 Å². The lowest BCUT2D eigenvalue weighted by Crippen LogP contribution is -2.55. The summed E-state index contributed by atoms with van der Waals surface area (Å²) in [6.45, 7) is 2.59. The Balaban J connectivity index is 1.35. The summed E-state index contributed by atoms with van der Waals surface area (Å²) in [5.41, 5.74) is 5.40. The number of carbonyl (C=O) groups excluding carboxylic acids is 2. The number of para-hydroxylation sites is 1. The number of fused-ring (bicyclic) bond motifs is 2. The minimum absolute atomic E-state index is 0.160. The molecule has 4 N–H and O–H groups in total. The molecule has 35 heavy (non-hydrogen) atoms. The van der Waals surface area contributed by atoms with Crippen LogP contribution in [0.2, 0.25) is 0 Å². The van der Waals surface area contributed by atoms with Crippen LogP contribution in [0.1, 0.15) is 35.2 Å². The average molecular weight is 467 g/mol. The number of aromatic amines is 1. The highest BCUT2D eigenvalue weighted by atomic mass is 16.2. The zero-order valence-electron chi connectivity index (χ0n) is 19.8. The highest BCUT2D eigenvalue weighted by molar-refractivity contribution is 5.91. The van der Waals surface area contributed by atoms with Crippen LogP contribution >= 0.6 is 0 Å². The first-order valence-electron chi connectivity index (χ1n) is 12.1. The molecule has 6 heteroatoms. The van der Waals surface area contributed by atoms with Gasteiger partial charge in [-0.15, -0.1) is 0 Å². The molecule has 0 saturated heterocycles. The molecule has 0 unspecified atom stereocenters. The molecule has 0 spiro atoms. The Bertz CT molecular complexity index is 1330. The van der Waals surface area contributed by atoms with E-state index in [-0.39, 0.29) is 23.9 Å². The summed E-state index contributed by atoms with van der Waals surface area (Å²) in [6.07, 6.45) is 2.92. The van der Waals surface area contributed by atoms with E-state index in [0.29, 0.717) is 19.4 Å². The van der Waals surface area contributed by atoms with E-state index >= 15 is 0 Å². The van der Waals surface area contributed by atoms with Crippen molar-refractivity contribution in [3.8, 4) is 0 Å². The third-order valence-electron chi connectivity index (χ3n) is 6.79. The number of rotatable bonds is 7. The summed E-state index contributed by atoms with van der Waals surface area (Å²) < 4.78 is 0. The predicted octanol–water partition coefficient (Wildman–Crippen LogP) is 3.79. The first kappa shape index (κ1) is 22.9. The molecule has 0 bridgehead atoms. The van der Waals surface area contributed by atoms with Crippen molar-refractivity contribution in [1.82, 2.24) is 20.9 Å². The molecule has 178 valence electrons. The van der Waals surface area contributed by atoms with Gasteiger partial charge >= 0.3 is 0 Å². The molecule has 2 heterocycles. The molecule has 0 fully saturated rings. The van der Waals surface area contributed by atoms with Gasteiger partial charge in [0.1, 0.15) is 6.04 Å². The normalized spacial score (nSPS) is 16.8. The maximum atomic E-state index is 13.4. The lowest BCUT2D eigenvalue weighted by Gasteiger charge is -2.28. The van der Waals surface area contributed by atoms with Gasteiger partial charge in [-0.05, 0) is 41.7 Å². The molecule has 5 rings (SSSR count). The highest BCUT2D eigenvalue weighted by Gasteiger charge is 2.29. The monoisotopic (exact) mass is 466 g/mol. The van der Waals surface area contributed by atoms with E-state index in [9.17, 15) is 9.59 Å². The van der Waals surface area contributed by atoms with Crippen LogP contribution in [-0.4, -0.2) is 28.9 Å². The second kappa shape index (κ2) is 10.2. The molecular weight excluding hydrogens is 436 g/mol. The van der Waals surface area contributed by atoms with Crippen molar-refractivity contribution in [3.63, 3.8) is 0 Å². The van der Waals surface area contributed by atoms with Crippen LogP contribution in [0, 0.1) is 0 Å². The molecule has 0 radical (unpaired) electrons. The number of H-pyrrole nitrogens is 1. The number of amides is 2. The van der Waals surface area contributed by atoms with Gasteiger partial charge in [-0.1, -0.05) is 72.8 Å². The first-order valence-corrected chi connectivity index (χ1v) is 12.1. The average Bonchev–Trinajstić information content (AvgIpc) is 3.31. The molecular formula is C29H30N4O2. The van der Waals surface area contributed by atoms with Crippen LogP contribution in [-0.2, 0) is 29.0 Å². The van der Waals surface area contributed by atoms with Gasteiger partial charge in [-0.25, -0.2) is 0 Å².